The Kier molecular flexibility index (Phi) is 11.0. The van der Waals surface area contributed by atoms with E-state index in [0.717, 1.165) is 52.2 Å². The van der Waals surface area contributed by atoms with E-state index >= 15 is 0 Å². The maximum Gasteiger partial charge on any atom is 0.264 e. The molecule has 4 aromatic rings. The summed E-state index contributed by atoms with van der Waals surface area (Å²) in [5.41, 5.74) is 4.61. The highest BCUT2D eigenvalue weighted by Gasteiger charge is 2.36. The molecule has 246 valence electrons. The van der Waals surface area contributed by atoms with Crippen LogP contribution in [0.5, 0.6) is 0 Å². The molecule has 0 unspecified atom stereocenters. The van der Waals surface area contributed by atoms with Crippen LogP contribution in [0.3, 0.4) is 0 Å². The molecule has 0 spiro atoms. The van der Waals surface area contributed by atoms with E-state index in [1.165, 1.54) is 0 Å². The standard InChI is InChI=1S/C38H42ClN3O4S/c1-27-16-20-34(21-17-27)47(45,46)42(35-24-32(39)19-18-29(35)3)26-37(43)41(25-31-13-9-10-28(2)22-31)36(23-30-11-5-4-6-12-30)38(44)40-33-14-7-8-15-33/h4-6,9-13,16-22,24,33,36H,7-8,14-15,23,25-26H2,1-3H3,(H,40,44)/t36-/m0/s1. The number of benzene rings is 4. The maximum absolute atomic E-state index is 14.7. The number of carbonyl (C=O) groups excluding carboxylic acids is 2. The largest absolute Gasteiger partial charge is 0.352 e. The molecule has 47 heavy (non-hydrogen) atoms. The van der Waals surface area contributed by atoms with Crippen LogP contribution in [0.4, 0.5) is 5.69 Å². The molecule has 9 heteroatoms. The quantitative estimate of drug-likeness (QED) is 0.173. The smallest absolute Gasteiger partial charge is 0.264 e. The first-order valence-electron chi connectivity index (χ1n) is 16.1. The normalized spacial score (nSPS) is 14.0. The van der Waals surface area contributed by atoms with Gasteiger partial charge in [-0.3, -0.25) is 13.9 Å². The summed E-state index contributed by atoms with van der Waals surface area (Å²) in [6.07, 6.45) is 4.16. The molecule has 0 radical (unpaired) electrons. The van der Waals surface area contributed by atoms with Gasteiger partial charge in [0.25, 0.3) is 10.0 Å². The molecule has 1 atom stereocenters. The summed E-state index contributed by atoms with van der Waals surface area (Å²) in [4.78, 5) is 30.5. The topological polar surface area (TPSA) is 86.8 Å². The highest BCUT2D eigenvalue weighted by atomic mass is 35.5. The van der Waals surface area contributed by atoms with Crippen LogP contribution in [0.25, 0.3) is 0 Å². The first-order valence-corrected chi connectivity index (χ1v) is 17.9. The second-order valence-electron chi connectivity index (χ2n) is 12.5. The highest BCUT2D eigenvalue weighted by molar-refractivity contribution is 7.92. The van der Waals surface area contributed by atoms with Crippen LogP contribution in [0.15, 0.2) is 102 Å². The molecule has 1 saturated carbocycles. The van der Waals surface area contributed by atoms with Crippen molar-refractivity contribution in [3.8, 4) is 0 Å². The van der Waals surface area contributed by atoms with Gasteiger partial charge in [0.15, 0.2) is 0 Å². The van der Waals surface area contributed by atoms with Crippen molar-refractivity contribution >= 4 is 39.1 Å². The molecule has 0 aromatic heterocycles. The number of sulfonamides is 1. The Labute approximate surface area is 283 Å². The third-order valence-electron chi connectivity index (χ3n) is 8.74. The fraction of sp³-hybridized carbons (Fsp3) is 0.316. The van der Waals surface area contributed by atoms with E-state index in [2.05, 4.69) is 5.32 Å². The summed E-state index contributed by atoms with van der Waals surface area (Å²) in [7, 11) is -4.22. The van der Waals surface area contributed by atoms with Crippen molar-refractivity contribution in [3.63, 3.8) is 0 Å². The van der Waals surface area contributed by atoms with Gasteiger partial charge in [-0.1, -0.05) is 108 Å². The Bertz CT molecular complexity index is 1810. The molecule has 2 amide bonds. The van der Waals surface area contributed by atoms with Crippen LogP contribution < -0.4 is 9.62 Å². The maximum atomic E-state index is 14.7. The molecular formula is C38H42ClN3O4S. The summed E-state index contributed by atoms with van der Waals surface area (Å²) < 4.78 is 29.8. The number of anilines is 1. The molecule has 1 fully saturated rings. The summed E-state index contributed by atoms with van der Waals surface area (Å²) in [6.45, 7) is 5.24. The fourth-order valence-corrected chi connectivity index (χ4v) is 7.77. The average Bonchev–Trinajstić information content (AvgIpc) is 3.56. The lowest BCUT2D eigenvalue weighted by Crippen LogP contribution is -2.54. The van der Waals surface area contributed by atoms with E-state index in [1.54, 1.807) is 54.3 Å². The first-order chi connectivity index (χ1) is 22.5. The third-order valence-corrected chi connectivity index (χ3v) is 10.7. The molecule has 1 aliphatic rings. The minimum absolute atomic E-state index is 0.0456. The van der Waals surface area contributed by atoms with Gasteiger partial charge in [-0.2, -0.15) is 0 Å². The predicted octanol–water partition coefficient (Wildman–Crippen LogP) is 7.16. The Morgan fingerprint density at radius 2 is 1.51 bits per heavy atom. The van der Waals surface area contributed by atoms with Crippen LogP contribution >= 0.6 is 11.6 Å². The lowest BCUT2D eigenvalue weighted by Gasteiger charge is -2.34. The van der Waals surface area contributed by atoms with E-state index in [4.69, 9.17) is 11.6 Å². The predicted molar refractivity (Wildman–Crippen MR) is 188 cm³/mol. The van der Waals surface area contributed by atoms with Gasteiger partial charge in [0.1, 0.15) is 12.6 Å². The van der Waals surface area contributed by atoms with E-state index < -0.39 is 28.5 Å². The van der Waals surface area contributed by atoms with Gasteiger partial charge in [-0.05, 0) is 74.6 Å². The van der Waals surface area contributed by atoms with Gasteiger partial charge >= 0.3 is 0 Å². The Morgan fingerprint density at radius 1 is 0.830 bits per heavy atom. The molecule has 5 rings (SSSR count). The number of nitrogens with zero attached hydrogens (tertiary/aromatic N) is 2. The molecular weight excluding hydrogens is 630 g/mol. The Hall–Kier alpha value is -4.14. The van der Waals surface area contributed by atoms with Crippen molar-refractivity contribution in [1.82, 2.24) is 10.2 Å². The molecule has 1 aliphatic carbocycles. The number of nitrogens with one attached hydrogen (secondary N) is 1. The van der Waals surface area contributed by atoms with E-state index in [9.17, 15) is 18.0 Å². The van der Waals surface area contributed by atoms with Gasteiger partial charge in [0, 0.05) is 24.0 Å². The first kappa shape index (κ1) is 34.2. The number of hydrogen-bond acceptors (Lipinski definition) is 4. The second kappa shape index (κ2) is 15.2. The Morgan fingerprint density at radius 3 is 2.19 bits per heavy atom. The lowest BCUT2D eigenvalue weighted by molar-refractivity contribution is -0.140. The Balaban J connectivity index is 1.59. The lowest BCUT2D eigenvalue weighted by atomic mass is 10.0. The van der Waals surface area contributed by atoms with Gasteiger partial charge in [0.05, 0.1) is 10.6 Å². The molecule has 0 aliphatic heterocycles. The SMILES string of the molecule is Cc1ccc(S(=O)(=O)N(CC(=O)N(Cc2cccc(C)c2)[C@@H](Cc2ccccc2)C(=O)NC2CCCC2)c2cc(Cl)ccc2C)cc1. The monoisotopic (exact) mass is 671 g/mol. The molecule has 0 heterocycles. The van der Waals surface area contributed by atoms with Crippen LogP contribution in [0, 0.1) is 20.8 Å². The number of hydrogen-bond donors (Lipinski definition) is 1. The molecule has 0 saturated heterocycles. The van der Waals surface area contributed by atoms with E-state index in [0.29, 0.717) is 16.3 Å². The van der Waals surface area contributed by atoms with Gasteiger partial charge < -0.3 is 10.2 Å². The number of rotatable bonds is 12. The van der Waals surface area contributed by atoms with Crippen molar-refractivity contribution in [2.24, 2.45) is 0 Å². The zero-order valence-electron chi connectivity index (χ0n) is 27.2. The number of halogens is 1. The summed E-state index contributed by atoms with van der Waals surface area (Å²) in [5.74, 6) is -0.738. The molecule has 7 nitrogen and oxygen atoms in total. The van der Waals surface area contributed by atoms with Crippen molar-refractivity contribution in [1.29, 1.82) is 0 Å². The van der Waals surface area contributed by atoms with Gasteiger partial charge in [0.2, 0.25) is 11.8 Å². The molecule has 1 N–H and O–H groups in total. The van der Waals surface area contributed by atoms with Crippen molar-refractivity contribution in [2.45, 2.75) is 76.4 Å². The van der Waals surface area contributed by atoms with Crippen LogP contribution in [-0.4, -0.2) is 43.8 Å². The zero-order valence-corrected chi connectivity index (χ0v) is 28.7. The molecule has 0 bridgehead atoms. The van der Waals surface area contributed by atoms with Crippen molar-refractivity contribution in [2.75, 3.05) is 10.8 Å². The minimum Gasteiger partial charge on any atom is -0.352 e. The minimum atomic E-state index is -4.22. The van der Waals surface area contributed by atoms with E-state index in [-0.39, 0.29) is 29.8 Å². The van der Waals surface area contributed by atoms with Crippen molar-refractivity contribution in [3.05, 3.63) is 130 Å². The molecule has 4 aromatic carbocycles. The highest BCUT2D eigenvalue weighted by Crippen LogP contribution is 2.30. The van der Waals surface area contributed by atoms with Crippen LogP contribution in [-0.2, 0) is 32.6 Å². The third kappa shape index (κ3) is 8.62. The number of aryl methyl sites for hydroxylation is 3. The fourth-order valence-electron chi connectivity index (χ4n) is 6.13. The summed E-state index contributed by atoms with van der Waals surface area (Å²) in [5, 5.41) is 3.56. The van der Waals surface area contributed by atoms with Crippen molar-refractivity contribution < 1.29 is 18.0 Å². The summed E-state index contributed by atoms with van der Waals surface area (Å²) in [6, 6.07) is 28.1. The van der Waals surface area contributed by atoms with Gasteiger partial charge in [-0.15, -0.1) is 0 Å². The van der Waals surface area contributed by atoms with Gasteiger partial charge in [-0.25, -0.2) is 8.42 Å². The summed E-state index contributed by atoms with van der Waals surface area (Å²) >= 11 is 6.39. The van der Waals surface area contributed by atoms with Crippen LogP contribution in [0.1, 0.15) is 53.5 Å². The number of carbonyl (C=O) groups is 2. The average molecular weight is 672 g/mol. The zero-order chi connectivity index (χ0) is 33.6. The number of amides is 2. The van der Waals surface area contributed by atoms with E-state index in [1.807, 2.05) is 68.4 Å². The second-order valence-corrected chi connectivity index (χ2v) is 14.8. The van der Waals surface area contributed by atoms with Crippen LogP contribution in [0.2, 0.25) is 5.02 Å².